The van der Waals surface area contributed by atoms with Gasteiger partial charge in [0.25, 0.3) is 0 Å². The largest absolute Gasteiger partial charge is 0.316 e. The maximum Gasteiger partial charge on any atom is 0.155 e. The quantitative estimate of drug-likeness (QED) is 0.662. The Balaban J connectivity index is 4.68. The van der Waals surface area contributed by atoms with Gasteiger partial charge in [-0.3, -0.25) is 0 Å². The number of hydrogen-bond acceptors (Lipinski definition) is 3. The first-order chi connectivity index (χ1) is 8.64. The molecule has 0 saturated carbocycles. The minimum absolute atomic E-state index is 0.119. The van der Waals surface area contributed by atoms with Gasteiger partial charge in [0.05, 0.1) is 10.5 Å². The predicted octanol–water partition coefficient (Wildman–Crippen LogP) is 3.40. The van der Waals surface area contributed by atoms with Crippen LogP contribution in [-0.2, 0) is 9.84 Å². The molecule has 0 spiro atoms. The molecule has 0 aliphatic carbocycles. The van der Waals surface area contributed by atoms with Gasteiger partial charge in [-0.05, 0) is 58.4 Å². The van der Waals surface area contributed by atoms with Gasteiger partial charge in [-0.15, -0.1) is 0 Å². The molecule has 0 aliphatic heterocycles. The first-order valence-corrected chi connectivity index (χ1v) is 9.22. The minimum Gasteiger partial charge on any atom is -0.316 e. The highest BCUT2D eigenvalue weighted by Gasteiger charge is 2.33. The molecule has 3 nitrogen and oxygen atoms in total. The predicted molar refractivity (Wildman–Crippen MR) is 84.3 cm³/mol. The Morgan fingerprint density at radius 2 is 1.53 bits per heavy atom. The summed E-state index contributed by atoms with van der Waals surface area (Å²) in [5.41, 5.74) is 0.119. The van der Waals surface area contributed by atoms with Crippen LogP contribution in [0.1, 0.15) is 67.2 Å². The van der Waals surface area contributed by atoms with E-state index >= 15 is 0 Å². The molecule has 0 bridgehead atoms. The molecule has 0 aromatic carbocycles. The van der Waals surface area contributed by atoms with E-state index in [1.807, 2.05) is 0 Å². The van der Waals surface area contributed by atoms with Crippen LogP contribution in [0.15, 0.2) is 0 Å². The van der Waals surface area contributed by atoms with E-state index in [2.05, 4.69) is 26.1 Å². The SMILES string of the molecule is CCCNCC(CC)(CC)CCS(=O)(=O)C(C)(C)C. The van der Waals surface area contributed by atoms with Gasteiger partial charge in [0, 0.05) is 6.54 Å². The molecule has 0 unspecified atom stereocenters. The molecule has 0 aromatic heterocycles. The maximum atomic E-state index is 12.2. The van der Waals surface area contributed by atoms with E-state index in [9.17, 15) is 8.42 Å². The summed E-state index contributed by atoms with van der Waals surface area (Å²) in [5, 5.41) is 3.46. The highest BCUT2D eigenvalue weighted by atomic mass is 32.2. The van der Waals surface area contributed by atoms with Crippen LogP contribution in [0.4, 0.5) is 0 Å². The third-order valence-electron chi connectivity index (χ3n) is 4.26. The van der Waals surface area contributed by atoms with Crippen LogP contribution in [0.25, 0.3) is 0 Å². The first-order valence-electron chi connectivity index (χ1n) is 7.57. The Morgan fingerprint density at radius 3 is 1.89 bits per heavy atom. The molecule has 0 atom stereocenters. The van der Waals surface area contributed by atoms with Crippen LogP contribution < -0.4 is 5.32 Å². The van der Waals surface area contributed by atoms with E-state index in [4.69, 9.17) is 0 Å². The molecule has 0 fully saturated rings. The molecule has 0 radical (unpaired) electrons. The second-order valence-electron chi connectivity index (χ2n) is 6.57. The summed E-state index contributed by atoms with van der Waals surface area (Å²) in [6.45, 7) is 13.8. The Morgan fingerprint density at radius 1 is 1.00 bits per heavy atom. The van der Waals surface area contributed by atoms with Crippen LogP contribution in [-0.4, -0.2) is 32.0 Å². The van der Waals surface area contributed by atoms with E-state index in [0.717, 1.165) is 38.8 Å². The normalized spacial score (nSPS) is 13.8. The molecular weight excluding hydrogens is 258 g/mol. The summed E-state index contributed by atoms with van der Waals surface area (Å²) in [7, 11) is -3.01. The van der Waals surface area contributed by atoms with Crippen LogP contribution in [0, 0.1) is 5.41 Å². The Labute approximate surface area is 120 Å². The summed E-state index contributed by atoms with van der Waals surface area (Å²) in [6.07, 6.45) is 3.93. The van der Waals surface area contributed by atoms with Gasteiger partial charge in [-0.2, -0.15) is 0 Å². The Hall–Kier alpha value is -0.0900. The van der Waals surface area contributed by atoms with Crippen LogP contribution in [0.3, 0.4) is 0 Å². The highest BCUT2D eigenvalue weighted by molar-refractivity contribution is 7.92. The zero-order chi connectivity index (χ0) is 15.2. The van der Waals surface area contributed by atoms with E-state index in [1.54, 1.807) is 20.8 Å². The third-order valence-corrected chi connectivity index (χ3v) is 6.87. The Bertz CT molecular complexity index is 338. The lowest BCUT2D eigenvalue weighted by molar-refractivity contribution is 0.239. The Kier molecular flexibility index (Phi) is 7.59. The average Bonchev–Trinajstić information content (AvgIpc) is 2.33. The lowest BCUT2D eigenvalue weighted by Gasteiger charge is -2.33. The fourth-order valence-electron chi connectivity index (χ4n) is 2.13. The van der Waals surface area contributed by atoms with Crippen molar-refractivity contribution in [3.63, 3.8) is 0 Å². The number of hydrogen-bond donors (Lipinski definition) is 1. The molecule has 0 heterocycles. The molecule has 0 amide bonds. The van der Waals surface area contributed by atoms with E-state index < -0.39 is 14.6 Å². The summed E-state index contributed by atoms with van der Waals surface area (Å²) in [5.74, 6) is 0.298. The topological polar surface area (TPSA) is 46.2 Å². The fourth-order valence-corrected chi connectivity index (χ4v) is 3.44. The second-order valence-corrected chi connectivity index (χ2v) is 9.43. The van der Waals surface area contributed by atoms with Gasteiger partial charge in [-0.25, -0.2) is 8.42 Å². The third kappa shape index (κ3) is 5.82. The number of sulfone groups is 1. The smallest absolute Gasteiger partial charge is 0.155 e. The minimum atomic E-state index is -3.01. The van der Waals surface area contributed by atoms with Gasteiger partial charge >= 0.3 is 0 Å². The van der Waals surface area contributed by atoms with E-state index in [-0.39, 0.29) is 5.41 Å². The molecule has 0 aliphatic rings. The standard InChI is InChI=1S/C15H33NO2S/c1-7-11-16-13-15(8-2,9-3)10-12-19(17,18)14(4,5)6/h16H,7-13H2,1-6H3. The molecule has 0 aromatic rings. The van der Waals surface area contributed by atoms with Gasteiger partial charge in [0.15, 0.2) is 9.84 Å². The van der Waals surface area contributed by atoms with Crippen LogP contribution in [0.2, 0.25) is 0 Å². The highest BCUT2D eigenvalue weighted by Crippen LogP contribution is 2.32. The van der Waals surface area contributed by atoms with Crippen molar-refractivity contribution in [1.29, 1.82) is 0 Å². The van der Waals surface area contributed by atoms with Crippen molar-refractivity contribution in [2.45, 2.75) is 72.0 Å². The summed E-state index contributed by atoms with van der Waals surface area (Å²) in [4.78, 5) is 0. The monoisotopic (exact) mass is 291 g/mol. The van der Waals surface area contributed by atoms with Crippen molar-refractivity contribution in [2.75, 3.05) is 18.8 Å². The zero-order valence-corrected chi connectivity index (χ0v) is 14.5. The summed E-state index contributed by atoms with van der Waals surface area (Å²) >= 11 is 0. The van der Waals surface area contributed by atoms with E-state index in [0.29, 0.717) is 5.75 Å². The fraction of sp³-hybridized carbons (Fsp3) is 1.00. The molecule has 19 heavy (non-hydrogen) atoms. The van der Waals surface area contributed by atoms with Gasteiger partial charge in [0.2, 0.25) is 0 Å². The zero-order valence-electron chi connectivity index (χ0n) is 13.7. The maximum absolute atomic E-state index is 12.2. The molecule has 116 valence electrons. The van der Waals surface area contributed by atoms with E-state index in [1.165, 1.54) is 0 Å². The average molecular weight is 292 g/mol. The first kappa shape index (κ1) is 18.9. The summed E-state index contributed by atoms with van der Waals surface area (Å²) < 4.78 is 23.8. The molecule has 0 saturated heterocycles. The van der Waals surface area contributed by atoms with Gasteiger partial charge in [-0.1, -0.05) is 20.8 Å². The molecule has 4 heteroatoms. The van der Waals surface area contributed by atoms with Gasteiger partial charge < -0.3 is 5.32 Å². The van der Waals surface area contributed by atoms with Crippen molar-refractivity contribution in [3.05, 3.63) is 0 Å². The van der Waals surface area contributed by atoms with Crippen molar-refractivity contribution in [1.82, 2.24) is 5.32 Å². The van der Waals surface area contributed by atoms with Crippen LogP contribution in [0.5, 0.6) is 0 Å². The summed E-state index contributed by atoms with van der Waals surface area (Å²) in [6, 6.07) is 0. The molecule has 0 rings (SSSR count). The molecular formula is C15H33NO2S. The second kappa shape index (κ2) is 7.63. The van der Waals surface area contributed by atoms with Crippen molar-refractivity contribution >= 4 is 9.84 Å². The van der Waals surface area contributed by atoms with Crippen LogP contribution >= 0.6 is 0 Å². The lowest BCUT2D eigenvalue weighted by atomic mass is 9.80. The number of rotatable bonds is 9. The van der Waals surface area contributed by atoms with Gasteiger partial charge in [0.1, 0.15) is 0 Å². The number of nitrogens with one attached hydrogen (secondary N) is 1. The van der Waals surface area contributed by atoms with Crippen molar-refractivity contribution in [3.8, 4) is 0 Å². The lowest BCUT2D eigenvalue weighted by Crippen LogP contribution is -2.38. The van der Waals surface area contributed by atoms with Crippen molar-refractivity contribution in [2.24, 2.45) is 5.41 Å². The molecule has 1 N–H and O–H groups in total. The van der Waals surface area contributed by atoms with Crippen molar-refractivity contribution < 1.29 is 8.42 Å².